The van der Waals surface area contributed by atoms with E-state index in [4.69, 9.17) is 38.2 Å². The van der Waals surface area contributed by atoms with Crippen LogP contribution in [0, 0.1) is 0 Å². The topological polar surface area (TPSA) is 191 Å². The van der Waals surface area contributed by atoms with Crippen molar-refractivity contribution >= 4 is 10.4 Å². The number of aliphatic hydroxyl groups is 4. The summed E-state index contributed by atoms with van der Waals surface area (Å²) in [7, 11) is -4.67. The first kappa shape index (κ1) is 25.5. The predicted octanol–water partition coefficient (Wildman–Crippen LogP) is -9.90. The van der Waals surface area contributed by atoms with Gasteiger partial charge in [-0.2, -0.15) is 8.42 Å². The fourth-order valence-corrected chi connectivity index (χ4v) is 1.12. The maximum atomic E-state index is 9.20. The van der Waals surface area contributed by atoms with Crippen molar-refractivity contribution < 1.29 is 106 Å². The number of ether oxygens (including phenoxy) is 1. The molecule has 1 fully saturated rings. The van der Waals surface area contributed by atoms with E-state index in [2.05, 4.69) is 0 Å². The van der Waals surface area contributed by atoms with Crippen LogP contribution in [0.25, 0.3) is 0 Å². The van der Waals surface area contributed by atoms with Gasteiger partial charge in [0.05, 0.1) is 12.6 Å². The van der Waals surface area contributed by atoms with E-state index in [-0.39, 0.29) is 63.8 Å². The van der Waals surface area contributed by atoms with Crippen LogP contribution >= 0.6 is 0 Å². The van der Waals surface area contributed by atoms with Crippen molar-refractivity contribution in [2.45, 2.75) is 30.6 Å². The minimum absolute atomic E-state index is 0. The standard InChI is InChI=1S/C6H13NO5.ClH.K.H2O4S/c7-3-5(10)4(9)2(1-8)12-6(3)11;;;1-5(2,3)4/h2-6,8-11H,1,7H2;1H;;(H2,1,2,3,4)/q;;+1;/p-1/t2-,3-,4-,5-,6?;;;/m1.../s1. The molecule has 19 heavy (non-hydrogen) atoms. The number of halogens is 1. The number of hydrogen-bond acceptors (Lipinski definition) is 8. The van der Waals surface area contributed by atoms with Crippen molar-refractivity contribution in [2.75, 3.05) is 6.61 Å². The van der Waals surface area contributed by atoms with Gasteiger partial charge in [0.1, 0.15) is 18.3 Å². The van der Waals surface area contributed by atoms with Gasteiger partial charge >= 0.3 is 61.8 Å². The monoisotopic (exact) mass is 351 g/mol. The smallest absolute Gasteiger partial charge is 1.00 e. The summed E-state index contributed by atoms with van der Waals surface area (Å²) in [5, 5.41) is 36.1. The fraction of sp³-hybridized carbons (Fsp3) is 1.00. The molecule has 0 aliphatic carbocycles. The third-order valence-corrected chi connectivity index (χ3v) is 1.95. The number of rotatable bonds is 1. The molecule has 1 saturated heterocycles. The average Bonchev–Trinajstić information content (AvgIpc) is 2.18. The van der Waals surface area contributed by atoms with Crippen LogP contribution in [-0.4, -0.2) is 75.2 Å². The first-order valence-electron chi connectivity index (χ1n) is 4.34. The van der Waals surface area contributed by atoms with Crippen molar-refractivity contribution in [1.82, 2.24) is 0 Å². The minimum Gasteiger partial charge on any atom is -1.00 e. The van der Waals surface area contributed by atoms with Gasteiger partial charge in [-0.1, -0.05) is 0 Å². The van der Waals surface area contributed by atoms with Gasteiger partial charge in [0.2, 0.25) is 0 Å². The summed E-state index contributed by atoms with van der Waals surface area (Å²) in [6.45, 7) is -0.470. The van der Waals surface area contributed by atoms with Crippen LogP contribution in [0.3, 0.4) is 0 Å². The second kappa shape index (κ2) is 11.2. The zero-order chi connectivity index (χ0) is 13.8. The first-order valence-corrected chi connectivity index (χ1v) is 5.73. The van der Waals surface area contributed by atoms with Crippen LogP contribution in [0.2, 0.25) is 0 Å². The van der Waals surface area contributed by atoms with Gasteiger partial charge in [0, 0.05) is 0 Å². The third kappa shape index (κ3) is 10.9. The van der Waals surface area contributed by atoms with Crippen LogP contribution in [-0.2, 0) is 15.1 Å². The summed E-state index contributed by atoms with van der Waals surface area (Å²) >= 11 is 0. The third-order valence-electron chi connectivity index (χ3n) is 1.95. The van der Waals surface area contributed by atoms with Crippen LogP contribution < -0.4 is 69.5 Å². The molecule has 1 aliphatic heterocycles. The second-order valence-corrected chi connectivity index (χ2v) is 4.15. The molecule has 10 nitrogen and oxygen atoms in total. The molecule has 0 amide bonds. The van der Waals surface area contributed by atoms with E-state index >= 15 is 0 Å². The number of hydrogen-bond donors (Lipinski definition) is 7. The Hall–Kier alpha value is 1.56. The predicted molar refractivity (Wildman–Crippen MR) is 52.1 cm³/mol. The van der Waals surface area contributed by atoms with Crippen molar-refractivity contribution in [3.05, 3.63) is 0 Å². The molecule has 5 atom stereocenters. The van der Waals surface area contributed by atoms with Gasteiger partial charge in [0.25, 0.3) is 0 Å². The van der Waals surface area contributed by atoms with E-state index in [1.807, 2.05) is 0 Å². The molecule has 1 unspecified atom stereocenters. The largest absolute Gasteiger partial charge is 1.00 e. The molecule has 0 aromatic heterocycles. The van der Waals surface area contributed by atoms with E-state index in [0.29, 0.717) is 0 Å². The molecular weight excluding hydrogens is 337 g/mol. The van der Waals surface area contributed by atoms with Gasteiger partial charge in [-0.25, -0.2) is 0 Å². The van der Waals surface area contributed by atoms with Gasteiger partial charge in [-0.05, 0) is 0 Å². The SMILES string of the molecule is N[C@H]1C(O)O[C@H](CO)[C@@H](O)[C@@H]1O.O=S(=O)(O)O.[Cl-].[K+]. The Kier molecular flexibility index (Phi) is 15.0. The molecule has 1 rings (SSSR count). The van der Waals surface area contributed by atoms with E-state index in [9.17, 15) is 10.2 Å². The second-order valence-electron chi connectivity index (χ2n) is 3.25. The Balaban J connectivity index is -0.000000320. The first-order chi connectivity index (χ1) is 7.57. The quantitative estimate of drug-likeness (QED) is 0.176. The Morgan fingerprint density at radius 1 is 1.11 bits per heavy atom. The van der Waals surface area contributed by atoms with Crippen molar-refractivity contribution in [3.63, 3.8) is 0 Å². The van der Waals surface area contributed by atoms with E-state index in [1.54, 1.807) is 0 Å². The van der Waals surface area contributed by atoms with Gasteiger partial charge in [-0.3, -0.25) is 9.11 Å². The normalized spacial score (nSPS) is 34.2. The molecule has 8 N–H and O–H groups in total. The Bertz CT molecular complexity index is 318. The average molecular weight is 352 g/mol. The van der Waals surface area contributed by atoms with Crippen molar-refractivity contribution in [3.8, 4) is 0 Å². The number of nitrogens with two attached hydrogens (primary N) is 1. The maximum Gasteiger partial charge on any atom is 1.00 e. The molecule has 13 heteroatoms. The summed E-state index contributed by atoms with van der Waals surface area (Å²) in [5.74, 6) is 0. The summed E-state index contributed by atoms with van der Waals surface area (Å²) < 4.78 is 36.3. The molecule has 0 saturated carbocycles. The van der Waals surface area contributed by atoms with E-state index in [0.717, 1.165) is 0 Å². The summed E-state index contributed by atoms with van der Waals surface area (Å²) in [6, 6.07) is -1.04. The summed E-state index contributed by atoms with van der Waals surface area (Å²) in [6.07, 6.45) is -4.85. The molecule has 0 radical (unpaired) electrons. The van der Waals surface area contributed by atoms with Gasteiger partial charge in [-0.15, -0.1) is 0 Å². The zero-order valence-electron chi connectivity index (χ0n) is 9.87. The van der Waals surface area contributed by atoms with Crippen molar-refractivity contribution in [2.24, 2.45) is 5.73 Å². The minimum atomic E-state index is -4.67. The molecular formula is C6H15ClKNO9S. The Labute approximate surface area is 158 Å². The fourth-order valence-electron chi connectivity index (χ4n) is 1.12. The Morgan fingerprint density at radius 3 is 1.79 bits per heavy atom. The van der Waals surface area contributed by atoms with Gasteiger partial charge < -0.3 is 43.3 Å². The Morgan fingerprint density at radius 2 is 1.47 bits per heavy atom. The molecule has 0 aromatic rings. The van der Waals surface area contributed by atoms with Crippen LogP contribution in [0.15, 0.2) is 0 Å². The zero-order valence-corrected chi connectivity index (χ0v) is 14.6. The summed E-state index contributed by atoms with van der Waals surface area (Å²) in [4.78, 5) is 0. The molecule has 0 bridgehead atoms. The van der Waals surface area contributed by atoms with E-state index < -0.39 is 47.6 Å². The van der Waals surface area contributed by atoms with Crippen molar-refractivity contribution in [1.29, 1.82) is 0 Å². The van der Waals surface area contributed by atoms with Gasteiger partial charge in [0.15, 0.2) is 6.29 Å². The van der Waals surface area contributed by atoms with Crippen LogP contribution in [0.1, 0.15) is 0 Å². The molecule has 0 aromatic carbocycles. The van der Waals surface area contributed by atoms with Crippen LogP contribution in [0.5, 0.6) is 0 Å². The van der Waals surface area contributed by atoms with Crippen LogP contribution in [0.4, 0.5) is 0 Å². The number of aliphatic hydroxyl groups excluding tert-OH is 4. The van der Waals surface area contributed by atoms with E-state index in [1.165, 1.54) is 0 Å². The molecule has 1 aliphatic rings. The molecule has 1 heterocycles. The molecule has 0 spiro atoms. The molecule has 112 valence electrons. The summed E-state index contributed by atoms with van der Waals surface area (Å²) in [5.41, 5.74) is 5.26. The maximum absolute atomic E-state index is 9.20.